The van der Waals surface area contributed by atoms with Crippen molar-refractivity contribution >= 4 is 11.5 Å². The Labute approximate surface area is 97.4 Å². The Kier molecular flexibility index (Phi) is 4.61. The van der Waals surface area contributed by atoms with Crippen molar-refractivity contribution in [3.8, 4) is 0 Å². The van der Waals surface area contributed by atoms with Gasteiger partial charge in [-0.25, -0.2) is 0 Å². The Bertz CT molecular complexity index is 297. The Hall–Kier alpha value is -1.23. The molecule has 0 aromatic carbocycles. The van der Waals surface area contributed by atoms with Crippen molar-refractivity contribution in [3.63, 3.8) is 0 Å². The minimum Gasteiger partial charge on any atom is -0.382 e. The first kappa shape index (κ1) is 12.8. The van der Waals surface area contributed by atoms with Crippen LogP contribution in [-0.2, 0) is 0 Å². The van der Waals surface area contributed by atoms with Crippen LogP contribution in [0.2, 0.25) is 0 Å². The normalized spacial score (nSPS) is 11.7. The van der Waals surface area contributed by atoms with Crippen molar-refractivity contribution in [1.29, 1.82) is 0 Å². The van der Waals surface area contributed by atoms with Crippen molar-refractivity contribution in [2.24, 2.45) is 0 Å². The van der Waals surface area contributed by atoms with E-state index in [1.165, 1.54) is 0 Å². The summed E-state index contributed by atoms with van der Waals surface area (Å²) >= 11 is 0. The van der Waals surface area contributed by atoms with Crippen molar-refractivity contribution < 1.29 is 0 Å². The van der Waals surface area contributed by atoms with Crippen LogP contribution in [0.5, 0.6) is 0 Å². The second-order valence-electron chi connectivity index (χ2n) is 4.55. The molecule has 0 bridgehead atoms. The molecule has 4 N–H and O–H groups in total. The van der Waals surface area contributed by atoms with Crippen molar-refractivity contribution in [2.45, 2.75) is 39.8 Å². The Morgan fingerprint density at radius 2 is 2.00 bits per heavy atom. The fourth-order valence-electron chi connectivity index (χ4n) is 1.87. The third-order valence-corrected chi connectivity index (χ3v) is 2.68. The summed E-state index contributed by atoms with van der Waals surface area (Å²) in [5.41, 5.74) is 6.56. The van der Waals surface area contributed by atoms with Gasteiger partial charge >= 0.3 is 0 Å². The molecule has 0 atom stereocenters. The first-order valence-electron chi connectivity index (χ1n) is 5.80. The number of nitrogen functional groups attached to an aromatic ring is 1. The molecular weight excluding hydrogens is 202 g/mol. The summed E-state index contributed by atoms with van der Waals surface area (Å²) in [7, 11) is 0. The molecule has 16 heavy (non-hydrogen) atoms. The van der Waals surface area contributed by atoms with Gasteiger partial charge in [-0.1, -0.05) is 0 Å². The van der Waals surface area contributed by atoms with Gasteiger partial charge in [-0.2, -0.15) is 5.10 Å². The third-order valence-electron chi connectivity index (χ3n) is 2.68. The van der Waals surface area contributed by atoms with Gasteiger partial charge in [-0.3, -0.25) is 10.00 Å². The molecule has 0 aliphatic rings. The monoisotopic (exact) mass is 225 g/mol. The molecule has 0 saturated carbocycles. The van der Waals surface area contributed by atoms with Gasteiger partial charge in [0.1, 0.15) is 5.82 Å². The number of rotatable bonds is 6. The highest BCUT2D eigenvalue weighted by atomic mass is 15.2. The minimum atomic E-state index is 0.559. The highest BCUT2D eigenvalue weighted by Crippen LogP contribution is 2.12. The molecule has 0 saturated heterocycles. The highest BCUT2D eigenvalue weighted by molar-refractivity contribution is 5.59. The number of aromatic nitrogens is 2. The molecule has 1 aromatic rings. The molecule has 92 valence electrons. The first-order chi connectivity index (χ1) is 7.52. The summed E-state index contributed by atoms with van der Waals surface area (Å²) in [6.07, 6.45) is 1.71. The zero-order valence-electron chi connectivity index (χ0n) is 10.6. The van der Waals surface area contributed by atoms with Gasteiger partial charge in [0.25, 0.3) is 0 Å². The molecule has 1 heterocycles. The van der Waals surface area contributed by atoms with E-state index in [1.54, 1.807) is 6.20 Å². The lowest BCUT2D eigenvalue weighted by Crippen LogP contribution is -2.40. The Morgan fingerprint density at radius 1 is 1.38 bits per heavy atom. The molecular formula is C11H23N5. The molecule has 0 spiro atoms. The van der Waals surface area contributed by atoms with E-state index in [9.17, 15) is 0 Å². The SMILES string of the molecule is CC(C)N(CCNc1cn[nH]c1N)C(C)C. The number of aromatic amines is 1. The number of H-pyrrole nitrogens is 1. The van der Waals surface area contributed by atoms with E-state index in [2.05, 4.69) is 48.1 Å². The van der Waals surface area contributed by atoms with E-state index in [4.69, 9.17) is 5.73 Å². The van der Waals surface area contributed by atoms with E-state index in [0.29, 0.717) is 17.9 Å². The lowest BCUT2D eigenvalue weighted by atomic mass is 10.2. The molecule has 1 aromatic heterocycles. The summed E-state index contributed by atoms with van der Waals surface area (Å²) in [6.45, 7) is 10.7. The predicted octanol–water partition coefficient (Wildman–Crippen LogP) is 1.52. The summed E-state index contributed by atoms with van der Waals surface area (Å²) in [5, 5.41) is 9.84. The summed E-state index contributed by atoms with van der Waals surface area (Å²) in [4.78, 5) is 2.43. The molecule has 5 heteroatoms. The van der Waals surface area contributed by atoms with Crippen molar-refractivity contribution in [1.82, 2.24) is 15.1 Å². The van der Waals surface area contributed by atoms with Crippen LogP contribution in [0.15, 0.2) is 6.20 Å². The van der Waals surface area contributed by atoms with Crippen LogP contribution in [-0.4, -0.2) is 40.3 Å². The molecule has 0 fully saturated rings. The molecule has 5 nitrogen and oxygen atoms in total. The van der Waals surface area contributed by atoms with Gasteiger partial charge in [0.2, 0.25) is 0 Å². The van der Waals surface area contributed by atoms with E-state index in [0.717, 1.165) is 18.8 Å². The average molecular weight is 225 g/mol. The van der Waals surface area contributed by atoms with Crippen LogP contribution in [0.4, 0.5) is 11.5 Å². The molecule has 0 radical (unpaired) electrons. The maximum absolute atomic E-state index is 5.68. The van der Waals surface area contributed by atoms with Crippen LogP contribution >= 0.6 is 0 Å². The Morgan fingerprint density at radius 3 is 2.44 bits per heavy atom. The summed E-state index contributed by atoms with van der Waals surface area (Å²) in [5.74, 6) is 0.598. The number of nitrogens with zero attached hydrogens (tertiary/aromatic N) is 2. The van der Waals surface area contributed by atoms with Crippen LogP contribution in [0.25, 0.3) is 0 Å². The topological polar surface area (TPSA) is 70.0 Å². The van der Waals surface area contributed by atoms with Crippen LogP contribution in [0.1, 0.15) is 27.7 Å². The predicted molar refractivity (Wildman–Crippen MR) is 68.5 cm³/mol. The van der Waals surface area contributed by atoms with E-state index in [1.807, 2.05) is 0 Å². The van der Waals surface area contributed by atoms with Gasteiger partial charge in [-0.15, -0.1) is 0 Å². The van der Waals surface area contributed by atoms with Gasteiger partial charge < -0.3 is 11.1 Å². The highest BCUT2D eigenvalue weighted by Gasteiger charge is 2.12. The van der Waals surface area contributed by atoms with Crippen molar-refractivity contribution in [3.05, 3.63) is 6.20 Å². The van der Waals surface area contributed by atoms with Gasteiger partial charge in [-0.05, 0) is 27.7 Å². The molecule has 0 aliphatic carbocycles. The second kappa shape index (κ2) is 5.75. The second-order valence-corrected chi connectivity index (χ2v) is 4.55. The smallest absolute Gasteiger partial charge is 0.142 e. The van der Waals surface area contributed by atoms with Crippen molar-refractivity contribution in [2.75, 3.05) is 24.1 Å². The largest absolute Gasteiger partial charge is 0.382 e. The van der Waals surface area contributed by atoms with Crippen LogP contribution < -0.4 is 11.1 Å². The van der Waals surface area contributed by atoms with E-state index < -0.39 is 0 Å². The lowest BCUT2D eigenvalue weighted by Gasteiger charge is -2.30. The Balaban J connectivity index is 2.37. The summed E-state index contributed by atoms with van der Waals surface area (Å²) < 4.78 is 0. The average Bonchev–Trinajstić information content (AvgIpc) is 2.57. The lowest BCUT2D eigenvalue weighted by molar-refractivity contribution is 0.182. The fourth-order valence-corrected chi connectivity index (χ4v) is 1.87. The maximum atomic E-state index is 5.68. The summed E-state index contributed by atoms with van der Waals surface area (Å²) in [6, 6.07) is 1.12. The first-order valence-corrected chi connectivity index (χ1v) is 5.80. The van der Waals surface area contributed by atoms with E-state index >= 15 is 0 Å². The number of nitrogens with two attached hydrogens (primary N) is 1. The minimum absolute atomic E-state index is 0.559. The number of nitrogens with one attached hydrogen (secondary N) is 2. The van der Waals surface area contributed by atoms with Gasteiger partial charge in [0, 0.05) is 25.2 Å². The quantitative estimate of drug-likeness (QED) is 0.686. The van der Waals surface area contributed by atoms with Gasteiger partial charge in [0.15, 0.2) is 0 Å². The molecule has 0 amide bonds. The third kappa shape index (κ3) is 3.41. The fraction of sp³-hybridized carbons (Fsp3) is 0.727. The number of hydrogen-bond acceptors (Lipinski definition) is 4. The van der Waals surface area contributed by atoms with Gasteiger partial charge in [0.05, 0.1) is 11.9 Å². The maximum Gasteiger partial charge on any atom is 0.142 e. The molecule has 0 unspecified atom stereocenters. The number of anilines is 2. The molecule has 0 aliphatic heterocycles. The zero-order valence-corrected chi connectivity index (χ0v) is 10.6. The number of hydrogen-bond donors (Lipinski definition) is 3. The standard InChI is InChI=1S/C11H23N5/c1-8(2)16(9(3)4)6-5-13-10-7-14-15-11(10)12/h7-9,13H,5-6H2,1-4H3,(H3,12,14,15). The van der Waals surface area contributed by atoms with E-state index in [-0.39, 0.29) is 0 Å². The van der Waals surface area contributed by atoms with Crippen LogP contribution in [0.3, 0.4) is 0 Å². The zero-order chi connectivity index (χ0) is 12.1. The molecule has 1 rings (SSSR count). The van der Waals surface area contributed by atoms with Crippen LogP contribution in [0, 0.1) is 0 Å².